The number of carbonyl (C=O) groups is 1. The Balaban J connectivity index is 3.53. The first-order chi connectivity index (χ1) is 5.95. The Labute approximate surface area is 85.5 Å². The Kier molecular flexibility index (Phi) is 2.94. The van der Waals surface area contributed by atoms with Crippen LogP contribution in [0.3, 0.4) is 0 Å². The van der Waals surface area contributed by atoms with Gasteiger partial charge in [0, 0.05) is 5.56 Å². The first kappa shape index (κ1) is 10.5. The van der Waals surface area contributed by atoms with Crippen molar-refractivity contribution < 1.29 is 9.18 Å². The molecule has 1 aromatic rings. The molecule has 0 saturated heterocycles. The molecular formula is C9H7Cl2FO. The average Bonchev–Trinajstić information content (AvgIpc) is 1.99. The third-order valence-corrected chi connectivity index (χ3v) is 2.33. The summed E-state index contributed by atoms with van der Waals surface area (Å²) in [6.45, 7) is 2.81. The number of halogens is 3. The summed E-state index contributed by atoms with van der Waals surface area (Å²) in [6, 6.07) is 1.24. The molecule has 4 heteroatoms. The van der Waals surface area contributed by atoms with Gasteiger partial charge in [-0.25, -0.2) is 4.39 Å². The Hall–Kier alpha value is -0.600. The number of hydrogen-bond donors (Lipinski definition) is 0. The first-order valence-corrected chi connectivity index (χ1v) is 4.35. The second-order valence-corrected chi connectivity index (χ2v) is 3.52. The van der Waals surface area contributed by atoms with Gasteiger partial charge >= 0.3 is 0 Å². The van der Waals surface area contributed by atoms with Crippen molar-refractivity contribution in [3.8, 4) is 0 Å². The van der Waals surface area contributed by atoms with E-state index in [1.54, 1.807) is 0 Å². The quantitative estimate of drug-likeness (QED) is 0.522. The van der Waals surface area contributed by atoms with Gasteiger partial charge in [0.25, 0.3) is 0 Å². The second-order valence-electron chi connectivity index (χ2n) is 2.71. The summed E-state index contributed by atoms with van der Waals surface area (Å²) in [5.74, 6) is -0.852. The Morgan fingerprint density at radius 3 is 2.38 bits per heavy atom. The molecule has 70 valence electrons. The molecular weight excluding hydrogens is 214 g/mol. The number of hydrogen-bond acceptors (Lipinski definition) is 1. The predicted octanol–water partition coefficient (Wildman–Crippen LogP) is 3.64. The molecule has 0 radical (unpaired) electrons. The van der Waals surface area contributed by atoms with Crippen molar-refractivity contribution in [2.24, 2.45) is 0 Å². The minimum absolute atomic E-state index is 0.0625. The van der Waals surface area contributed by atoms with Gasteiger partial charge in [-0.2, -0.15) is 0 Å². The summed E-state index contributed by atoms with van der Waals surface area (Å²) in [7, 11) is 0. The molecule has 0 atom stereocenters. The van der Waals surface area contributed by atoms with Crippen LogP contribution in [0.1, 0.15) is 22.8 Å². The van der Waals surface area contributed by atoms with E-state index in [9.17, 15) is 9.18 Å². The van der Waals surface area contributed by atoms with Crippen molar-refractivity contribution in [3.63, 3.8) is 0 Å². The summed E-state index contributed by atoms with van der Waals surface area (Å²) in [4.78, 5) is 11.1. The molecule has 0 fully saturated rings. The lowest BCUT2D eigenvalue weighted by Gasteiger charge is -2.06. The van der Waals surface area contributed by atoms with Crippen LogP contribution < -0.4 is 0 Å². The van der Waals surface area contributed by atoms with Crippen LogP contribution >= 0.6 is 23.2 Å². The van der Waals surface area contributed by atoms with Gasteiger partial charge in [0.15, 0.2) is 5.78 Å². The SMILES string of the molecule is CC(=O)c1c(Cl)cc(Cl)c(F)c1C. The van der Waals surface area contributed by atoms with E-state index in [0.717, 1.165) is 0 Å². The lowest BCUT2D eigenvalue weighted by atomic mass is 10.1. The molecule has 0 spiro atoms. The van der Waals surface area contributed by atoms with Crippen LogP contribution in [0, 0.1) is 12.7 Å². The van der Waals surface area contributed by atoms with Crippen LogP contribution in [-0.4, -0.2) is 5.78 Å². The van der Waals surface area contributed by atoms with Crippen molar-refractivity contribution >= 4 is 29.0 Å². The van der Waals surface area contributed by atoms with Crippen LogP contribution in [0.2, 0.25) is 10.0 Å². The third-order valence-electron chi connectivity index (χ3n) is 1.76. The summed E-state index contributed by atoms with van der Waals surface area (Å²) in [5, 5.41) is 0.129. The molecule has 1 nitrogen and oxygen atoms in total. The van der Waals surface area contributed by atoms with Gasteiger partial charge < -0.3 is 0 Å². The molecule has 0 heterocycles. The average molecular weight is 221 g/mol. The highest BCUT2D eigenvalue weighted by molar-refractivity contribution is 6.37. The van der Waals surface area contributed by atoms with Gasteiger partial charge in [-0.3, -0.25) is 4.79 Å². The van der Waals surface area contributed by atoms with Gasteiger partial charge in [0.05, 0.1) is 10.0 Å². The number of benzene rings is 1. The minimum atomic E-state index is -0.587. The highest BCUT2D eigenvalue weighted by Crippen LogP contribution is 2.28. The lowest BCUT2D eigenvalue weighted by Crippen LogP contribution is -2.00. The largest absolute Gasteiger partial charge is 0.294 e. The van der Waals surface area contributed by atoms with Crippen LogP contribution in [0.25, 0.3) is 0 Å². The molecule has 0 aliphatic rings. The fourth-order valence-corrected chi connectivity index (χ4v) is 1.84. The predicted molar refractivity (Wildman–Crippen MR) is 51.2 cm³/mol. The van der Waals surface area contributed by atoms with Crippen LogP contribution in [0.15, 0.2) is 6.07 Å². The third kappa shape index (κ3) is 1.84. The van der Waals surface area contributed by atoms with E-state index in [1.807, 2.05) is 0 Å². The molecule has 0 amide bonds. The molecule has 0 bridgehead atoms. The zero-order valence-corrected chi connectivity index (χ0v) is 8.63. The van der Waals surface area contributed by atoms with E-state index in [0.29, 0.717) is 0 Å². The van der Waals surface area contributed by atoms with Crippen molar-refractivity contribution in [3.05, 3.63) is 33.1 Å². The number of Topliss-reactive ketones (excluding diaryl/α,β-unsaturated/α-hetero) is 1. The number of ketones is 1. The van der Waals surface area contributed by atoms with Crippen molar-refractivity contribution in [1.29, 1.82) is 0 Å². The molecule has 0 aromatic heterocycles. The van der Waals surface area contributed by atoms with Gasteiger partial charge in [0.2, 0.25) is 0 Å². The molecule has 1 rings (SSSR count). The topological polar surface area (TPSA) is 17.1 Å². The van der Waals surface area contributed by atoms with Gasteiger partial charge in [-0.15, -0.1) is 0 Å². The van der Waals surface area contributed by atoms with E-state index in [-0.39, 0.29) is 27.0 Å². The van der Waals surface area contributed by atoms with Gasteiger partial charge in [0.1, 0.15) is 5.82 Å². The first-order valence-electron chi connectivity index (χ1n) is 3.60. The molecule has 0 aliphatic heterocycles. The summed E-state index contributed by atoms with van der Waals surface area (Å²) in [5.41, 5.74) is 0.397. The lowest BCUT2D eigenvalue weighted by molar-refractivity contribution is 0.101. The molecule has 0 unspecified atom stereocenters. The van der Waals surface area contributed by atoms with Crippen LogP contribution in [-0.2, 0) is 0 Å². The monoisotopic (exact) mass is 220 g/mol. The highest BCUT2D eigenvalue weighted by Gasteiger charge is 2.15. The Morgan fingerprint density at radius 2 is 1.92 bits per heavy atom. The number of rotatable bonds is 1. The molecule has 0 aliphatic carbocycles. The highest BCUT2D eigenvalue weighted by atomic mass is 35.5. The summed E-state index contributed by atoms with van der Waals surface area (Å²) in [6.07, 6.45) is 0. The van der Waals surface area contributed by atoms with Crippen molar-refractivity contribution in [1.82, 2.24) is 0 Å². The maximum atomic E-state index is 13.2. The summed E-state index contributed by atoms with van der Waals surface area (Å²) < 4.78 is 13.2. The molecule has 0 N–H and O–H groups in total. The second kappa shape index (κ2) is 3.64. The van der Waals surface area contributed by atoms with E-state index in [4.69, 9.17) is 23.2 Å². The summed E-state index contributed by atoms with van der Waals surface area (Å²) >= 11 is 11.3. The minimum Gasteiger partial charge on any atom is -0.294 e. The van der Waals surface area contributed by atoms with Gasteiger partial charge in [-0.05, 0) is 25.5 Å². The van der Waals surface area contributed by atoms with Crippen molar-refractivity contribution in [2.45, 2.75) is 13.8 Å². The van der Waals surface area contributed by atoms with Gasteiger partial charge in [-0.1, -0.05) is 23.2 Å². The molecule has 1 aromatic carbocycles. The number of carbonyl (C=O) groups excluding carboxylic acids is 1. The standard InChI is InChI=1S/C9H7Cl2FO/c1-4-8(5(2)13)6(10)3-7(11)9(4)12/h3H,1-2H3. The maximum Gasteiger partial charge on any atom is 0.161 e. The zero-order valence-electron chi connectivity index (χ0n) is 7.12. The van der Waals surface area contributed by atoms with E-state index < -0.39 is 5.82 Å². The maximum absolute atomic E-state index is 13.2. The van der Waals surface area contributed by atoms with Crippen LogP contribution in [0.4, 0.5) is 4.39 Å². The zero-order chi connectivity index (χ0) is 10.2. The fourth-order valence-electron chi connectivity index (χ4n) is 1.15. The van der Waals surface area contributed by atoms with Crippen molar-refractivity contribution in [2.75, 3.05) is 0 Å². The Morgan fingerprint density at radius 1 is 1.38 bits per heavy atom. The smallest absolute Gasteiger partial charge is 0.161 e. The van der Waals surface area contributed by atoms with E-state index in [1.165, 1.54) is 19.9 Å². The normalized spacial score (nSPS) is 10.2. The van der Waals surface area contributed by atoms with Crippen LogP contribution in [0.5, 0.6) is 0 Å². The van der Waals surface area contributed by atoms with E-state index in [2.05, 4.69) is 0 Å². The van der Waals surface area contributed by atoms with E-state index >= 15 is 0 Å². The fraction of sp³-hybridized carbons (Fsp3) is 0.222. The molecule has 0 saturated carbocycles. The molecule has 13 heavy (non-hydrogen) atoms. The Bertz CT molecular complexity index is 374.